The van der Waals surface area contributed by atoms with Crippen molar-refractivity contribution in [3.05, 3.63) is 83.5 Å². The molecule has 0 saturated carbocycles. The third-order valence-electron chi connectivity index (χ3n) is 4.73. The number of halogens is 1. The Morgan fingerprint density at radius 3 is 2.56 bits per heavy atom. The zero-order chi connectivity index (χ0) is 19.0. The summed E-state index contributed by atoms with van der Waals surface area (Å²) in [4.78, 5) is 28.6. The fourth-order valence-electron chi connectivity index (χ4n) is 3.32. The van der Waals surface area contributed by atoms with Crippen molar-refractivity contribution in [3.63, 3.8) is 0 Å². The Morgan fingerprint density at radius 2 is 1.85 bits per heavy atom. The summed E-state index contributed by atoms with van der Waals surface area (Å²) in [7, 11) is 0. The summed E-state index contributed by atoms with van der Waals surface area (Å²) in [5.41, 5.74) is 1.91. The summed E-state index contributed by atoms with van der Waals surface area (Å²) < 4.78 is 14.3. The Kier molecular flexibility index (Phi) is 4.58. The van der Waals surface area contributed by atoms with Gasteiger partial charge in [0.25, 0.3) is 5.91 Å². The number of anilines is 1. The smallest absolute Gasteiger partial charge is 0.312 e. The van der Waals surface area contributed by atoms with Crippen LogP contribution in [-0.2, 0) is 11.3 Å². The van der Waals surface area contributed by atoms with Gasteiger partial charge < -0.3 is 4.90 Å². The number of carbonyl (C=O) groups is 2. The van der Waals surface area contributed by atoms with E-state index in [0.29, 0.717) is 6.54 Å². The minimum Gasteiger partial charge on any atom is -0.312 e. The van der Waals surface area contributed by atoms with Crippen LogP contribution in [0.4, 0.5) is 14.9 Å². The standard InChI is InChI=1S/C21H17FN2O2S/c1-2-14-7-9-15(10-8-14)13-23-18-11-12-27-19(18)20(25)24(21(23)26)17-6-4-3-5-16(17)22/h2-12,18-19H,1,13H2. The molecule has 136 valence electrons. The van der Waals surface area contributed by atoms with E-state index in [1.54, 1.807) is 17.0 Å². The van der Waals surface area contributed by atoms with Gasteiger partial charge in [-0.3, -0.25) is 4.79 Å². The summed E-state index contributed by atoms with van der Waals surface area (Å²) >= 11 is 1.36. The van der Waals surface area contributed by atoms with Crippen molar-refractivity contribution < 1.29 is 14.0 Å². The molecule has 27 heavy (non-hydrogen) atoms. The van der Waals surface area contributed by atoms with Gasteiger partial charge >= 0.3 is 6.03 Å². The summed E-state index contributed by atoms with van der Waals surface area (Å²) in [5, 5.41) is 1.37. The van der Waals surface area contributed by atoms with E-state index in [9.17, 15) is 14.0 Å². The molecule has 0 radical (unpaired) electrons. The third-order valence-corrected chi connectivity index (χ3v) is 5.82. The molecule has 4 rings (SSSR count). The van der Waals surface area contributed by atoms with Gasteiger partial charge in [-0.05, 0) is 28.7 Å². The Balaban J connectivity index is 1.70. The van der Waals surface area contributed by atoms with Crippen LogP contribution in [0.15, 0.2) is 66.6 Å². The Hall–Kier alpha value is -2.86. The molecule has 2 aliphatic heterocycles. The normalized spacial score (nSPS) is 21.5. The number of rotatable bonds is 4. The van der Waals surface area contributed by atoms with Crippen LogP contribution in [-0.4, -0.2) is 28.1 Å². The Labute approximate surface area is 161 Å². The fourth-order valence-corrected chi connectivity index (χ4v) is 4.37. The van der Waals surface area contributed by atoms with Gasteiger partial charge in [0.2, 0.25) is 0 Å². The molecule has 0 N–H and O–H groups in total. The first-order valence-electron chi connectivity index (χ1n) is 8.53. The first-order valence-corrected chi connectivity index (χ1v) is 9.47. The van der Waals surface area contributed by atoms with Crippen molar-refractivity contribution in [3.8, 4) is 0 Å². The lowest BCUT2D eigenvalue weighted by Crippen LogP contribution is -2.61. The number of thioether (sulfide) groups is 1. The number of carbonyl (C=O) groups excluding carboxylic acids is 2. The molecule has 6 heteroatoms. The molecule has 2 aromatic rings. The quantitative estimate of drug-likeness (QED) is 0.788. The van der Waals surface area contributed by atoms with Gasteiger partial charge in [0, 0.05) is 6.54 Å². The van der Waals surface area contributed by atoms with Crippen LogP contribution in [0.25, 0.3) is 6.08 Å². The van der Waals surface area contributed by atoms with Crippen molar-refractivity contribution in [2.24, 2.45) is 0 Å². The van der Waals surface area contributed by atoms with E-state index in [0.717, 1.165) is 16.0 Å². The monoisotopic (exact) mass is 380 g/mol. The second-order valence-electron chi connectivity index (χ2n) is 6.36. The van der Waals surface area contributed by atoms with Gasteiger partial charge in [-0.15, -0.1) is 11.8 Å². The van der Waals surface area contributed by atoms with Crippen molar-refractivity contribution >= 4 is 35.5 Å². The van der Waals surface area contributed by atoms with Gasteiger partial charge in [-0.2, -0.15) is 0 Å². The van der Waals surface area contributed by atoms with Crippen LogP contribution in [0.1, 0.15) is 11.1 Å². The van der Waals surface area contributed by atoms with E-state index in [1.807, 2.05) is 35.7 Å². The van der Waals surface area contributed by atoms with Crippen LogP contribution in [0, 0.1) is 5.82 Å². The molecule has 3 amide bonds. The highest BCUT2D eigenvalue weighted by molar-refractivity contribution is 8.03. The number of nitrogens with zero attached hydrogens (tertiary/aromatic N) is 2. The zero-order valence-corrected chi connectivity index (χ0v) is 15.2. The predicted molar refractivity (Wildman–Crippen MR) is 106 cm³/mol. The molecule has 2 unspecified atom stereocenters. The molecule has 0 aliphatic carbocycles. The highest BCUT2D eigenvalue weighted by atomic mass is 32.2. The molecule has 4 nitrogen and oxygen atoms in total. The number of urea groups is 1. The van der Waals surface area contributed by atoms with Crippen LogP contribution in [0.2, 0.25) is 0 Å². The minimum absolute atomic E-state index is 0.00884. The molecular formula is C21H17FN2O2S. The second-order valence-corrected chi connectivity index (χ2v) is 7.41. The number of para-hydroxylation sites is 1. The summed E-state index contributed by atoms with van der Waals surface area (Å²) in [6.45, 7) is 4.07. The van der Waals surface area contributed by atoms with Gasteiger partial charge in [0.05, 0.1) is 11.7 Å². The first kappa shape index (κ1) is 17.5. The summed E-state index contributed by atoms with van der Waals surface area (Å²) in [6.07, 6.45) is 3.61. The minimum atomic E-state index is -0.594. The third kappa shape index (κ3) is 3.06. The average Bonchev–Trinajstić information content (AvgIpc) is 3.17. The summed E-state index contributed by atoms with van der Waals surface area (Å²) in [6, 6.07) is 12.7. The van der Waals surface area contributed by atoms with E-state index in [1.165, 1.54) is 30.0 Å². The van der Waals surface area contributed by atoms with Gasteiger partial charge in [0.1, 0.15) is 11.1 Å². The van der Waals surface area contributed by atoms with Crippen LogP contribution < -0.4 is 4.90 Å². The van der Waals surface area contributed by atoms with Crippen molar-refractivity contribution in [2.75, 3.05) is 4.90 Å². The van der Waals surface area contributed by atoms with Crippen LogP contribution in [0.5, 0.6) is 0 Å². The maximum atomic E-state index is 14.3. The largest absolute Gasteiger partial charge is 0.332 e. The van der Waals surface area contributed by atoms with Crippen molar-refractivity contribution in [1.29, 1.82) is 0 Å². The molecule has 2 aliphatic rings. The SMILES string of the molecule is C=Cc1ccc(CN2C(=O)N(c3ccccc3F)C(=O)C3SC=CC32)cc1. The van der Waals surface area contributed by atoms with Crippen molar-refractivity contribution in [2.45, 2.75) is 17.8 Å². The Morgan fingerprint density at radius 1 is 1.11 bits per heavy atom. The van der Waals surface area contributed by atoms with E-state index in [2.05, 4.69) is 6.58 Å². The predicted octanol–water partition coefficient (Wildman–Crippen LogP) is 4.44. The molecule has 2 aromatic carbocycles. The van der Waals surface area contributed by atoms with E-state index < -0.39 is 17.1 Å². The highest BCUT2D eigenvalue weighted by Gasteiger charge is 2.48. The number of imide groups is 1. The maximum Gasteiger partial charge on any atom is 0.332 e. The molecule has 2 heterocycles. The van der Waals surface area contributed by atoms with Crippen molar-refractivity contribution in [1.82, 2.24) is 4.90 Å². The van der Waals surface area contributed by atoms with Gasteiger partial charge in [-0.1, -0.05) is 55.1 Å². The lowest BCUT2D eigenvalue weighted by molar-refractivity contribution is -0.119. The van der Waals surface area contributed by atoms with E-state index >= 15 is 0 Å². The number of amides is 3. The number of hydrogen-bond donors (Lipinski definition) is 0. The first-order chi connectivity index (χ1) is 13.1. The fraction of sp³-hybridized carbons (Fsp3) is 0.143. The van der Waals surface area contributed by atoms with Gasteiger partial charge in [-0.25, -0.2) is 14.1 Å². The van der Waals surface area contributed by atoms with Gasteiger partial charge in [0.15, 0.2) is 0 Å². The summed E-state index contributed by atoms with van der Waals surface area (Å²) in [5.74, 6) is -0.979. The molecule has 1 saturated heterocycles. The molecule has 2 atom stereocenters. The highest BCUT2D eigenvalue weighted by Crippen LogP contribution is 2.37. The van der Waals surface area contributed by atoms with Crippen LogP contribution >= 0.6 is 11.8 Å². The topological polar surface area (TPSA) is 40.6 Å². The molecule has 1 fully saturated rings. The molecular weight excluding hydrogens is 363 g/mol. The molecule has 0 bridgehead atoms. The zero-order valence-electron chi connectivity index (χ0n) is 14.4. The molecule has 0 aromatic heterocycles. The number of fused-ring (bicyclic) bond motifs is 1. The maximum absolute atomic E-state index is 14.3. The molecule has 0 spiro atoms. The second kappa shape index (κ2) is 7.04. The average molecular weight is 380 g/mol. The van der Waals surface area contributed by atoms with E-state index in [4.69, 9.17) is 0 Å². The lowest BCUT2D eigenvalue weighted by atomic mass is 10.0. The lowest BCUT2D eigenvalue weighted by Gasteiger charge is -2.41. The van der Waals surface area contributed by atoms with E-state index in [-0.39, 0.29) is 17.6 Å². The van der Waals surface area contributed by atoms with Crippen LogP contribution in [0.3, 0.4) is 0 Å². The number of benzene rings is 2. The number of hydrogen-bond acceptors (Lipinski definition) is 3. The Bertz CT molecular complexity index is 941.